The molecule has 13 heavy (non-hydrogen) atoms. The average molecular weight is 183 g/mol. The average Bonchev–Trinajstić information content (AvgIpc) is 1.96. The van der Waals surface area contributed by atoms with Crippen LogP contribution in [0.25, 0.3) is 0 Å². The zero-order valence-electron chi connectivity index (χ0n) is 7.30. The fourth-order valence-corrected chi connectivity index (χ4v) is 1.23. The molecule has 5 heteroatoms. The van der Waals surface area contributed by atoms with E-state index in [1.165, 1.54) is 6.92 Å². The Morgan fingerprint density at radius 3 is 2.69 bits per heavy atom. The van der Waals surface area contributed by atoms with E-state index in [9.17, 15) is 9.18 Å². The van der Waals surface area contributed by atoms with Gasteiger partial charge in [-0.1, -0.05) is 0 Å². The maximum atomic E-state index is 12.9. The summed E-state index contributed by atoms with van der Waals surface area (Å²) in [6.45, 7) is 3.26. The molecule has 0 radical (unpaired) electrons. The highest BCUT2D eigenvalue weighted by Crippen LogP contribution is 2.14. The van der Waals surface area contributed by atoms with Crippen molar-refractivity contribution in [2.24, 2.45) is 0 Å². The largest absolute Gasteiger partial charge is 0.342 e. The maximum absolute atomic E-state index is 12.9. The highest BCUT2D eigenvalue weighted by Gasteiger charge is 2.18. The molecule has 1 aromatic rings. The molecular weight excluding hydrogens is 173 g/mol. The first-order chi connectivity index (χ1) is 6.18. The van der Waals surface area contributed by atoms with E-state index in [4.69, 9.17) is 0 Å². The summed E-state index contributed by atoms with van der Waals surface area (Å²) in [4.78, 5) is 19.3. The quantitative estimate of drug-likeness (QED) is 0.686. The third-order valence-corrected chi connectivity index (χ3v) is 2.17. The topological polar surface area (TPSA) is 49.0 Å². The van der Waals surface area contributed by atoms with Gasteiger partial charge in [0.05, 0.1) is 5.69 Å². The summed E-state index contributed by atoms with van der Waals surface area (Å²) >= 11 is 0. The van der Waals surface area contributed by atoms with Gasteiger partial charge in [0.1, 0.15) is 0 Å². The number of halogens is 1. The number of hydrogen-bond acceptors (Lipinski definition) is 3. The van der Waals surface area contributed by atoms with Crippen molar-refractivity contribution < 1.29 is 4.39 Å². The second-order valence-electron chi connectivity index (χ2n) is 3.13. The minimum atomic E-state index is -0.788. The normalized spacial score (nSPS) is 15.7. The third kappa shape index (κ3) is 1.30. The van der Waals surface area contributed by atoms with Crippen LogP contribution in [0.2, 0.25) is 0 Å². The molecule has 0 aliphatic carbocycles. The van der Waals surface area contributed by atoms with Crippen LogP contribution in [-0.2, 0) is 0 Å². The molecule has 0 unspecified atom stereocenters. The lowest BCUT2D eigenvalue weighted by atomic mass is 10.2. The number of nitrogens with one attached hydrogen (secondary N) is 1. The molecule has 0 spiro atoms. The van der Waals surface area contributed by atoms with Crippen molar-refractivity contribution in [2.45, 2.75) is 13.3 Å². The molecule has 70 valence electrons. The summed E-state index contributed by atoms with van der Waals surface area (Å²) < 4.78 is 12.9. The number of aromatic nitrogens is 2. The van der Waals surface area contributed by atoms with Gasteiger partial charge < -0.3 is 4.90 Å². The summed E-state index contributed by atoms with van der Waals surface area (Å²) in [6, 6.07) is 0. The Morgan fingerprint density at radius 1 is 1.54 bits per heavy atom. The maximum Gasteiger partial charge on any atom is 0.288 e. The van der Waals surface area contributed by atoms with Crippen molar-refractivity contribution in [3.8, 4) is 0 Å². The van der Waals surface area contributed by atoms with Gasteiger partial charge in [0.15, 0.2) is 0 Å². The Labute approximate surface area is 74.4 Å². The van der Waals surface area contributed by atoms with Crippen LogP contribution >= 0.6 is 0 Å². The fourth-order valence-electron chi connectivity index (χ4n) is 1.23. The molecule has 1 aliphatic rings. The molecule has 0 saturated carbocycles. The van der Waals surface area contributed by atoms with Crippen molar-refractivity contribution in [1.82, 2.24) is 9.97 Å². The summed E-state index contributed by atoms with van der Waals surface area (Å²) in [5.41, 5.74) is -0.528. The van der Waals surface area contributed by atoms with Crippen LogP contribution in [0.5, 0.6) is 0 Å². The van der Waals surface area contributed by atoms with Gasteiger partial charge in [-0.25, -0.2) is 4.98 Å². The van der Waals surface area contributed by atoms with Crippen molar-refractivity contribution >= 4 is 5.95 Å². The summed E-state index contributed by atoms with van der Waals surface area (Å²) in [5, 5.41) is 0. The molecule has 1 aromatic heterocycles. The number of aromatic amines is 1. The van der Waals surface area contributed by atoms with Crippen LogP contribution in [0.3, 0.4) is 0 Å². The number of hydrogen-bond donors (Lipinski definition) is 1. The van der Waals surface area contributed by atoms with Gasteiger partial charge in [-0.3, -0.25) is 9.78 Å². The van der Waals surface area contributed by atoms with Crippen LogP contribution in [0.1, 0.15) is 12.1 Å². The molecule has 0 amide bonds. The highest BCUT2D eigenvalue weighted by atomic mass is 19.1. The SMILES string of the molecule is Cc1nc(N2CCC2)[nH]c(=O)c1F. The van der Waals surface area contributed by atoms with Gasteiger partial charge in [-0.2, -0.15) is 4.39 Å². The summed E-state index contributed by atoms with van der Waals surface area (Å²) in [5.74, 6) is -0.306. The molecule has 0 aromatic carbocycles. The summed E-state index contributed by atoms with van der Waals surface area (Å²) in [6.07, 6.45) is 1.10. The molecule has 1 aliphatic heterocycles. The standard InChI is InChI=1S/C8H10FN3O/c1-5-6(9)7(13)11-8(10-5)12-3-2-4-12/h2-4H2,1H3,(H,10,11,13). The van der Waals surface area contributed by atoms with E-state index >= 15 is 0 Å². The van der Waals surface area contributed by atoms with Crippen LogP contribution in [-0.4, -0.2) is 23.1 Å². The Kier molecular flexibility index (Phi) is 1.79. The van der Waals surface area contributed by atoms with E-state index in [1.54, 1.807) is 0 Å². The Bertz CT molecular complexity index is 383. The predicted octanol–water partition coefficient (Wildman–Crippen LogP) is 0.428. The first-order valence-electron chi connectivity index (χ1n) is 4.20. The lowest BCUT2D eigenvalue weighted by Gasteiger charge is -2.31. The van der Waals surface area contributed by atoms with Gasteiger partial charge in [-0.15, -0.1) is 0 Å². The van der Waals surface area contributed by atoms with E-state index in [0.29, 0.717) is 5.95 Å². The fraction of sp³-hybridized carbons (Fsp3) is 0.500. The van der Waals surface area contributed by atoms with Gasteiger partial charge in [0.25, 0.3) is 5.56 Å². The van der Waals surface area contributed by atoms with Crippen LogP contribution < -0.4 is 10.5 Å². The van der Waals surface area contributed by atoms with Crippen molar-refractivity contribution in [1.29, 1.82) is 0 Å². The van der Waals surface area contributed by atoms with E-state index in [-0.39, 0.29) is 5.69 Å². The Morgan fingerprint density at radius 2 is 2.23 bits per heavy atom. The zero-order valence-corrected chi connectivity index (χ0v) is 7.30. The van der Waals surface area contributed by atoms with Gasteiger partial charge in [0, 0.05) is 13.1 Å². The van der Waals surface area contributed by atoms with Crippen LogP contribution in [0, 0.1) is 12.7 Å². The lowest BCUT2D eigenvalue weighted by Crippen LogP contribution is -2.39. The molecule has 1 N–H and O–H groups in total. The minimum absolute atomic E-state index is 0.158. The monoisotopic (exact) mass is 183 g/mol. The predicted molar refractivity (Wildman–Crippen MR) is 46.4 cm³/mol. The minimum Gasteiger partial charge on any atom is -0.342 e. The molecule has 2 rings (SSSR count). The molecule has 0 bridgehead atoms. The number of rotatable bonds is 1. The highest BCUT2D eigenvalue weighted by molar-refractivity contribution is 5.33. The van der Waals surface area contributed by atoms with Crippen molar-refractivity contribution in [2.75, 3.05) is 18.0 Å². The van der Waals surface area contributed by atoms with Crippen LogP contribution in [0.4, 0.5) is 10.3 Å². The first kappa shape index (κ1) is 8.22. The molecule has 0 atom stereocenters. The lowest BCUT2D eigenvalue weighted by molar-refractivity contribution is 0.566. The van der Waals surface area contributed by atoms with E-state index in [0.717, 1.165) is 19.5 Å². The first-order valence-corrected chi connectivity index (χ1v) is 4.20. The molecule has 1 saturated heterocycles. The van der Waals surface area contributed by atoms with Crippen molar-refractivity contribution in [3.63, 3.8) is 0 Å². The second-order valence-corrected chi connectivity index (χ2v) is 3.13. The van der Waals surface area contributed by atoms with E-state index in [1.807, 2.05) is 4.90 Å². The Hall–Kier alpha value is -1.39. The second kappa shape index (κ2) is 2.83. The van der Waals surface area contributed by atoms with Gasteiger partial charge in [-0.05, 0) is 13.3 Å². The smallest absolute Gasteiger partial charge is 0.288 e. The molecular formula is C8H10FN3O. The Balaban J connectivity index is 2.43. The zero-order chi connectivity index (χ0) is 9.42. The van der Waals surface area contributed by atoms with Gasteiger partial charge >= 0.3 is 0 Å². The third-order valence-electron chi connectivity index (χ3n) is 2.17. The van der Waals surface area contributed by atoms with E-state index in [2.05, 4.69) is 9.97 Å². The van der Waals surface area contributed by atoms with Crippen molar-refractivity contribution in [3.05, 3.63) is 21.9 Å². The summed E-state index contributed by atoms with van der Waals surface area (Å²) in [7, 11) is 0. The number of anilines is 1. The molecule has 1 fully saturated rings. The van der Waals surface area contributed by atoms with E-state index < -0.39 is 11.4 Å². The molecule has 4 nitrogen and oxygen atoms in total. The number of H-pyrrole nitrogens is 1. The number of aryl methyl sites for hydroxylation is 1. The molecule has 2 heterocycles. The van der Waals surface area contributed by atoms with Crippen LogP contribution in [0.15, 0.2) is 4.79 Å². The van der Waals surface area contributed by atoms with Gasteiger partial charge in [0.2, 0.25) is 11.8 Å². The number of nitrogens with zero attached hydrogens (tertiary/aromatic N) is 2.